The molecule has 0 atom stereocenters. The van der Waals surface area contributed by atoms with Crippen LogP contribution in [0.1, 0.15) is 25.7 Å². The molecule has 20 heavy (non-hydrogen) atoms. The van der Waals surface area contributed by atoms with Crippen molar-refractivity contribution in [2.45, 2.75) is 31.7 Å². The second kappa shape index (κ2) is 7.73. The van der Waals surface area contributed by atoms with Crippen molar-refractivity contribution in [3.63, 3.8) is 0 Å². The third-order valence-electron chi connectivity index (χ3n) is 4.50. The predicted molar refractivity (Wildman–Crippen MR) is 82.8 cm³/mol. The van der Waals surface area contributed by atoms with Crippen molar-refractivity contribution in [1.82, 2.24) is 15.1 Å². The zero-order valence-electron chi connectivity index (χ0n) is 12.7. The molecule has 1 N–H and O–H groups in total. The van der Waals surface area contributed by atoms with E-state index in [1.807, 2.05) is 0 Å². The van der Waals surface area contributed by atoms with Crippen molar-refractivity contribution in [1.29, 1.82) is 0 Å². The minimum Gasteiger partial charge on any atom is -0.314 e. The topological polar surface area (TPSA) is 52.7 Å². The summed E-state index contributed by atoms with van der Waals surface area (Å²) in [7, 11) is -2.83. The number of piperazine rings is 1. The van der Waals surface area contributed by atoms with E-state index in [4.69, 9.17) is 0 Å². The summed E-state index contributed by atoms with van der Waals surface area (Å²) in [4.78, 5) is 5.15. The van der Waals surface area contributed by atoms with E-state index in [-0.39, 0.29) is 5.75 Å². The molecule has 118 valence electrons. The van der Waals surface area contributed by atoms with Crippen molar-refractivity contribution in [2.75, 3.05) is 57.8 Å². The summed E-state index contributed by atoms with van der Waals surface area (Å²) in [5, 5.41) is 3.22. The molecular weight excluding hydrogens is 274 g/mol. The molecule has 5 nitrogen and oxygen atoms in total. The van der Waals surface area contributed by atoms with Crippen LogP contribution in [0, 0.1) is 0 Å². The van der Waals surface area contributed by atoms with Crippen LogP contribution in [0.5, 0.6) is 0 Å². The van der Waals surface area contributed by atoms with Gasteiger partial charge < -0.3 is 5.32 Å². The molecule has 2 aliphatic rings. The highest BCUT2D eigenvalue weighted by Crippen LogP contribution is 2.24. The zero-order valence-corrected chi connectivity index (χ0v) is 13.5. The first-order valence-electron chi connectivity index (χ1n) is 7.89. The summed E-state index contributed by atoms with van der Waals surface area (Å²) in [5.74, 6) is 0.239. The Morgan fingerprint density at radius 2 is 1.70 bits per heavy atom. The van der Waals surface area contributed by atoms with Gasteiger partial charge in [0.1, 0.15) is 9.84 Å². The van der Waals surface area contributed by atoms with E-state index in [0.29, 0.717) is 6.54 Å². The summed E-state index contributed by atoms with van der Waals surface area (Å²) in [6.07, 6.45) is 6.90. The average Bonchev–Trinajstić information content (AvgIpc) is 2.92. The highest BCUT2D eigenvalue weighted by Gasteiger charge is 2.25. The van der Waals surface area contributed by atoms with E-state index in [9.17, 15) is 8.42 Å². The Labute approximate surface area is 123 Å². The first-order valence-corrected chi connectivity index (χ1v) is 9.95. The molecule has 0 aromatic carbocycles. The molecule has 0 amide bonds. The Bertz CT molecular complexity index is 372. The SMILES string of the molecule is CS(=O)(=O)CCNCCN1CCN(C2CCCC2)CC1. The molecule has 1 aliphatic carbocycles. The second-order valence-electron chi connectivity index (χ2n) is 6.20. The average molecular weight is 303 g/mol. The van der Waals surface area contributed by atoms with Gasteiger partial charge >= 0.3 is 0 Å². The summed E-state index contributed by atoms with van der Waals surface area (Å²) in [5.41, 5.74) is 0. The van der Waals surface area contributed by atoms with E-state index in [1.165, 1.54) is 45.0 Å². The molecule has 1 saturated heterocycles. The zero-order chi connectivity index (χ0) is 14.4. The van der Waals surface area contributed by atoms with Crippen molar-refractivity contribution in [2.24, 2.45) is 0 Å². The van der Waals surface area contributed by atoms with Gasteiger partial charge in [-0.1, -0.05) is 12.8 Å². The number of hydrogen-bond donors (Lipinski definition) is 1. The minimum atomic E-state index is -2.83. The van der Waals surface area contributed by atoms with Gasteiger partial charge in [-0.25, -0.2) is 8.42 Å². The summed E-state index contributed by atoms with van der Waals surface area (Å²) in [6.45, 7) is 7.21. The smallest absolute Gasteiger partial charge is 0.148 e. The Balaban J connectivity index is 1.53. The predicted octanol–water partition coefficient (Wildman–Crippen LogP) is 0.181. The fourth-order valence-electron chi connectivity index (χ4n) is 3.24. The lowest BCUT2D eigenvalue weighted by molar-refractivity contribution is 0.0985. The number of sulfone groups is 1. The molecule has 0 spiro atoms. The molecule has 0 radical (unpaired) electrons. The molecule has 1 aliphatic heterocycles. The van der Waals surface area contributed by atoms with Crippen LogP contribution < -0.4 is 5.32 Å². The Morgan fingerprint density at radius 3 is 2.30 bits per heavy atom. The van der Waals surface area contributed by atoms with Gasteiger partial charge in [0.05, 0.1) is 5.75 Å². The highest BCUT2D eigenvalue weighted by molar-refractivity contribution is 7.90. The van der Waals surface area contributed by atoms with Gasteiger partial charge in [-0.15, -0.1) is 0 Å². The number of hydrogen-bond acceptors (Lipinski definition) is 5. The maximum Gasteiger partial charge on any atom is 0.148 e. The van der Waals surface area contributed by atoms with E-state index in [0.717, 1.165) is 32.2 Å². The quantitative estimate of drug-likeness (QED) is 0.680. The molecule has 1 saturated carbocycles. The summed E-state index contributed by atoms with van der Waals surface area (Å²) >= 11 is 0. The van der Waals surface area contributed by atoms with E-state index >= 15 is 0 Å². The van der Waals surface area contributed by atoms with Crippen molar-refractivity contribution in [3.8, 4) is 0 Å². The fraction of sp³-hybridized carbons (Fsp3) is 1.00. The van der Waals surface area contributed by atoms with Gasteiger partial charge in [0.25, 0.3) is 0 Å². The van der Waals surface area contributed by atoms with Crippen molar-refractivity contribution < 1.29 is 8.42 Å². The first-order chi connectivity index (χ1) is 9.54. The van der Waals surface area contributed by atoms with Crippen molar-refractivity contribution >= 4 is 9.84 Å². The lowest BCUT2D eigenvalue weighted by Crippen LogP contribution is -2.50. The summed E-state index contributed by atoms with van der Waals surface area (Å²) in [6, 6.07) is 0.852. The van der Waals surface area contributed by atoms with Gasteiger partial charge in [-0.2, -0.15) is 0 Å². The van der Waals surface area contributed by atoms with Gasteiger partial charge in [-0.3, -0.25) is 9.80 Å². The normalized spacial score (nSPS) is 23.4. The molecule has 0 aromatic heterocycles. The lowest BCUT2D eigenvalue weighted by atomic mass is 10.2. The molecule has 0 unspecified atom stereocenters. The molecule has 0 bridgehead atoms. The highest BCUT2D eigenvalue weighted by atomic mass is 32.2. The van der Waals surface area contributed by atoms with Crippen LogP contribution in [0.25, 0.3) is 0 Å². The second-order valence-corrected chi connectivity index (χ2v) is 8.46. The first kappa shape index (κ1) is 16.2. The molecule has 2 rings (SSSR count). The molecular formula is C14H29N3O2S. The monoisotopic (exact) mass is 303 g/mol. The van der Waals surface area contributed by atoms with Crippen LogP contribution in [0.15, 0.2) is 0 Å². The standard InChI is InChI=1S/C14H29N3O2S/c1-20(18,19)13-7-15-6-8-16-9-11-17(12-10-16)14-4-2-3-5-14/h14-15H,2-13H2,1H3. The van der Waals surface area contributed by atoms with E-state index in [2.05, 4.69) is 15.1 Å². The fourth-order valence-corrected chi connectivity index (χ4v) is 3.76. The van der Waals surface area contributed by atoms with E-state index in [1.54, 1.807) is 0 Å². The third-order valence-corrected chi connectivity index (χ3v) is 5.45. The largest absolute Gasteiger partial charge is 0.314 e. The van der Waals surface area contributed by atoms with Crippen LogP contribution in [0.2, 0.25) is 0 Å². The van der Waals surface area contributed by atoms with Crippen molar-refractivity contribution in [3.05, 3.63) is 0 Å². The Kier molecular flexibility index (Phi) is 6.26. The molecule has 0 aromatic rings. The van der Waals surface area contributed by atoms with Crippen LogP contribution in [-0.4, -0.2) is 82.1 Å². The number of nitrogens with one attached hydrogen (secondary N) is 1. The molecule has 1 heterocycles. The molecule has 6 heteroatoms. The third kappa shape index (κ3) is 5.68. The Morgan fingerprint density at radius 1 is 1.05 bits per heavy atom. The van der Waals surface area contributed by atoms with Gasteiger partial charge in [0, 0.05) is 58.1 Å². The number of nitrogens with zero attached hydrogens (tertiary/aromatic N) is 2. The van der Waals surface area contributed by atoms with Gasteiger partial charge in [-0.05, 0) is 12.8 Å². The molecule has 2 fully saturated rings. The Hall–Kier alpha value is -0.170. The van der Waals surface area contributed by atoms with E-state index < -0.39 is 9.84 Å². The van der Waals surface area contributed by atoms with Gasteiger partial charge in [0.15, 0.2) is 0 Å². The number of rotatable bonds is 7. The maximum absolute atomic E-state index is 11.0. The van der Waals surface area contributed by atoms with Crippen LogP contribution in [0.4, 0.5) is 0 Å². The van der Waals surface area contributed by atoms with Gasteiger partial charge in [0.2, 0.25) is 0 Å². The summed E-state index contributed by atoms with van der Waals surface area (Å²) < 4.78 is 22.0. The maximum atomic E-state index is 11.0. The van der Waals surface area contributed by atoms with Crippen LogP contribution in [0.3, 0.4) is 0 Å². The van der Waals surface area contributed by atoms with Crippen LogP contribution in [-0.2, 0) is 9.84 Å². The van der Waals surface area contributed by atoms with Crippen LogP contribution >= 0.6 is 0 Å². The minimum absolute atomic E-state index is 0.239. The lowest BCUT2D eigenvalue weighted by Gasteiger charge is -2.38.